The Labute approximate surface area is 188 Å². The lowest BCUT2D eigenvalue weighted by Crippen LogP contribution is -2.27. The van der Waals surface area contributed by atoms with Crippen LogP contribution in [0.3, 0.4) is 0 Å². The Morgan fingerprint density at radius 3 is 2.84 bits per heavy atom. The van der Waals surface area contributed by atoms with Crippen molar-refractivity contribution in [3.8, 4) is 17.3 Å². The number of rotatable bonds is 12. The van der Waals surface area contributed by atoms with Crippen molar-refractivity contribution in [1.82, 2.24) is 30.0 Å². The molecule has 32 heavy (non-hydrogen) atoms. The number of primary amides is 1. The number of benzene rings is 1. The molecule has 0 aliphatic carbocycles. The van der Waals surface area contributed by atoms with Crippen LogP contribution in [-0.4, -0.2) is 43.8 Å². The highest BCUT2D eigenvalue weighted by atomic mass is 16.5. The summed E-state index contributed by atoms with van der Waals surface area (Å²) in [5.74, 6) is 1.21. The SMILES string of the molecule is CCC(CCCCn1cnc(-c2cc(C(N)=O)nc(C)n2)n1)NCc1cccc(OC)c1. The van der Waals surface area contributed by atoms with Crippen molar-refractivity contribution in [2.75, 3.05) is 7.11 Å². The molecule has 9 nitrogen and oxygen atoms in total. The second-order valence-corrected chi connectivity index (χ2v) is 7.71. The van der Waals surface area contributed by atoms with Crippen LogP contribution in [-0.2, 0) is 13.1 Å². The fraction of sp³-hybridized carbons (Fsp3) is 0.435. The van der Waals surface area contributed by atoms with Crippen molar-refractivity contribution >= 4 is 5.91 Å². The first-order valence-electron chi connectivity index (χ1n) is 10.9. The van der Waals surface area contributed by atoms with Crippen LogP contribution in [0, 0.1) is 6.92 Å². The summed E-state index contributed by atoms with van der Waals surface area (Å²) in [7, 11) is 1.69. The molecule has 9 heteroatoms. The lowest BCUT2D eigenvalue weighted by molar-refractivity contribution is 0.0995. The molecule has 2 aromatic heterocycles. The highest BCUT2D eigenvalue weighted by Crippen LogP contribution is 2.15. The molecule has 0 radical (unpaired) electrons. The maximum Gasteiger partial charge on any atom is 0.267 e. The number of hydrogen-bond donors (Lipinski definition) is 2. The normalized spacial score (nSPS) is 12.0. The molecule has 0 aliphatic heterocycles. The molecule has 3 rings (SSSR count). The Kier molecular flexibility index (Phi) is 8.27. The molecule has 0 bridgehead atoms. The Balaban J connectivity index is 1.46. The summed E-state index contributed by atoms with van der Waals surface area (Å²) < 4.78 is 7.10. The van der Waals surface area contributed by atoms with Gasteiger partial charge in [0, 0.05) is 19.1 Å². The number of ether oxygens (including phenoxy) is 1. The van der Waals surface area contributed by atoms with E-state index in [1.165, 1.54) is 11.6 Å². The third-order valence-corrected chi connectivity index (χ3v) is 5.27. The number of aromatic nitrogens is 5. The zero-order chi connectivity index (χ0) is 22.9. The minimum Gasteiger partial charge on any atom is -0.497 e. The van der Waals surface area contributed by atoms with Gasteiger partial charge in [0.15, 0.2) is 5.82 Å². The number of unbranched alkanes of at least 4 members (excludes halogenated alkanes) is 1. The van der Waals surface area contributed by atoms with Crippen LogP contribution in [0.5, 0.6) is 5.75 Å². The van der Waals surface area contributed by atoms with E-state index in [9.17, 15) is 4.79 Å². The average Bonchev–Trinajstić information content (AvgIpc) is 3.27. The van der Waals surface area contributed by atoms with Gasteiger partial charge in [0.25, 0.3) is 5.91 Å². The van der Waals surface area contributed by atoms with Gasteiger partial charge in [0.05, 0.1) is 7.11 Å². The maximum absolute atomic E-state index is 11.4. The van der Waals surface area contributed by atoms with E-state index in [-0.39, 0.29) is 5.69 Å². The number of carbonyl (C=O) groups excluding carboxylic acids is 1. The summed E-state index contributed by atoms with van der Waals surface area (Å²) in [5.41, 5.74) is 7.21. The van der Waals surface area contributed by atoms with E-state index in [1.54, 1.807) is 25.0 Å². The molecule has 0 aliphatic rings. The van der Waals surface area contributed by atoms with Gasteiger partial charge in [0.1, 0.15) is 29.3 Å². The Hall–Kier alpha value is -3.33. The number of nitrogens with one attached hydrogen (secondary N) is 1. The molecule has 1 amide bonds. The van der Waals surface area contributed by atoms with Crippen LogP contribution in [0.2, 0.25) is 0 Å². The van der Waals surface area contributed by atoms with E-state index in [0.29, 0.717) is 23.4 Å². The van der Waals surface area contributed by atoms with E-state index >= 15 is 0 Å². The Bertz CT molecular complexity index is 1030. The number of aryl methyl sites for hydroxylation is 2. The van der Waals surface area contributed by atoms with E-state index < -0.39 is 5.91 Å². The lowest BCUT2D eigenvalue weighted by atomic mass is 10.1. The zero-order valence-corrected chi connectivity index (χ0v) is 18.9. The van der Waals surface area contributed by atoms with Gasteiger partial charge in [-0.1, -0.05) is 25.5 Å². The number of nitrogens with two attached hydrogens (primary N) is 1. The van der Waals surface area contributed by atoms with Gasteiger partial charge in [-0.05, 0) is 49.9 Å². The van der Waals surface area contributed by atoms with Gasteiger partial charge in [-0.15, -0.1) is 5.10 Å². The largest absolute Gasteiger partial charge is 0.497 e. The first kappa shape index (κ1) is 23.3. The lowest BCUT2D eigenvalue weighted by Gasteiger charge is -2.17. The third-order valence-electron chi connectivity index (χ3n) is 5.27. The first-order chi connectivity index (χ1) is 15.5. The quantitative estimate of drug-likeness (QED) is 0.418. The van der Waals surface area contributed by atoms with Gasteiger partial charge in [-0.3, -0.25) is 9.48 Å². The molecular formula is C23H31N7O2. The molecule has 3 N–H and O–H groups in total. The van der Waals surface area contributed by atoms with Crippen molar-refractivity contribution in [2.45, 2.75) is 58.7 Å². The average molecular weight is 438 g/mol. The molecule has 1 aromatic carbocycles. The fourth-order valence-corrected chi connectivity index (χ4v) is 3.49. The summed E-state index contributed by atoms with van der Waals surface area (Å²) in [5, 5.41) is 8.13. The number of nitrogens with zero attached hydrogens (tertiary/aromatic N) is 5. The van der Waals surface area contributed by atoms with Crippen LogP contribution >= 0.6 is 0 Å². The monoisotopic (exact) mass is 437 g/mol. The molecule has 0 saturated heterocycles. The molecule has 0 spiro atoms. The summed E-state index contributed by atoms with van der Waals surface area (Å²) in [6.07, 6.45) is 5.93. The van der Waals surface area contributed by atoms with Crippen LogP contribution in [0.25, 0.3) is 11.5 Å². The van der Waals surface area contributed by atoms with Crippen LogP contribution in [0.15, 0.2) is 36.7 Å². The smallest absolute Gasteiger partial charge is 0.267 e. The minimum absolute atomic E-state index is 0.163. The number of methoxy groups -OCH3 is 1. The standard InChI is InChI=1S/C23H31N7O2/c1-4-18(25-14-17-8-7-10-19(12-17)32-3)9-5-6-11-30-15-26-23(29-30)21-13-20(22(24)31)27-16(2)28-21/h7-8,10,12-13,15,18,25H,4-6,9,11,14H2,1-3H3,(H2,24,31). The topological polar surface area (TPSA) is 121 Å². The Morgan fingerprint density at radius 1 is 1.25 bits per heavy atom. The summed E-state index contributed by atoms with van der Waals surface area (Å²) in [6, 6.07) is 10.1. The number of hydrogen-bond acceptors (Lipinski definition) is 7. The number of carbonyl (C=O) groups is 1. The summed E-state index contributed by atoms with van der Waals surface area (Å²) in [4.78, 5) is 24.1. The highest BCUT2D eigenvalue weighted by Gasteiger charge is 2.12. The van der Waals surface area contributed by atoms with Crippen molar-refractivity contribution in [3.05, 3.63) is 53.7 Å². The van der Waals surface area contributed by atoms with Gasteiger partial charge in [0.2, 0.25) is 0 Å². The predicted octanol–water partition coefficient (Wildman–Crippen LogP) is 2.89. The van der Waals surface area contributed by atoms with Crippen molar-refractivity contribution in [1.29, 1.82) is 0 Å². The zero-order valence-electron chi connectivity index (χ0n) is 18.9. The fourth-order valence-electron chi connectivity index (χ4n) is 3.49. The minimum atomic E-state index is -0.596. The molecule has 2 heterocycles. The van der Waals surface area contributed by atoms with E-state index in [1.807, 2.05) is 12.1 Å². The van der Waals surface area contributed by atoms with Gasteiger partial charge in [-0.2, -0.15) is 0 Å². The summed E-state index contributed by atoms with van der Waals surface area (Å²) >= 11 is 0. The van der Waals surface area contributed by atoms with Gasteiger partial charge in [-0.25, -0.2) is 15.0 Å². The third kappa shape index (κ3) is 6.58. The van der Waals surface area contributed by atoms with Crippen LogP contribution < -0.4 is 15.8 Å². The van der Waals surface area contributed by atoms with Crippen LogP contribution in [0.1, 0.15) is 54.5 Å². The molecule has 1 atom stereocenters. The second kappa shape index (κ2) is 11.3. The first-order valence-corrected chi connectivity index (χ1v) is 10.9. The van der Waals surface area contributed by atoms with E-state index in [2.05, 4.69) is 44.4 Å². The summed E-state index contributed by atoms with van der Waals surface area (Å²) in [6.45, 7) is 5.51. The number of amides is 1. The van der Waals surface area contributed by atoms with Gasteiger partial charge >= 0.3 is 0 Å². The predicted molar refractivity (Wildman–Crippen MR) is 122 cm³/mol. The van der Waals surface area contributed by atoms with E-state index in [4.69, 9.17) is 10.5 Å². The second-order valence-electron chi connectivity index (χ2n) is 7.71. The van der Waals surface area contributed by atoms with Crippen molar-refractivity contribution in [2.24, 2.45) is 5.73 Å². The molecule has 0 fully saturated rings. The molecule has 0 saturated carbocycles. The van der Waals surface area contributed by atoms with Crippen molar-refractivity contribution < 1.29 is 9.53 Å². The van der Waals surface area contributed by atoms with E-state index in [0.717, 1.165) is 44.5 Å². The highest BCUT2D eigenvalue weighted by molar-refractivity contribution is 5.91. The van der Waals surface area contributed by atoms with Crippen LogP contribution in [0.4, 0.5) is 0 Å². The Morgan fingerprint density at radius 2 is 2.09 bits per heavy atom. The molecular weight excluding hydrogens is 406 g/mol. The molecule has 170 valence electrons. The molecule has 3 aromatic rings. The van der Waals surface area contributed by atoms with Crippen molar-refractivity contribution in [3.63, 3.8) is 0 Å². The maximum atomic E-state index is 11.4. The molecule has 1 unspecified atom stereocenters. The van der Waals surface area contributed by atoms with Gasteiger partial charge < -0.3 is 15.8 Å².